The van der Waals surface area contributed by atoms with Crippen molar-refractivity contribution in [3.63, 3.8) is 0 Å². The highest BCUT2D eigenvalue weighted by Gasteiger charge is 2.53. The van der Waals surface area contributed by atoms with E-state index in [4.69, 9.17) is 57.8 Å². The Bertz CT molecular complexity index is 3420. The highest BCUT2D eigenvalue weighted by molar-refractivity contribution is 6.39. The average Bonchev–Trinajstić information content (AvgIpc) is 1.04. The number of hydrogen-bond donors (Lipinski definition) is 5. The molecule has 6 N–H and O–H groups in total. The first-order valence-electron chi connectivity index (χ1n) is 39.8. The highest BCUT2D eigenvalue weighted by atomic mass is 16.6. The molecule has 0 spiro atoms. The van der Waals surface area contributed by atoms with Crippen molar-refractivity contribution in [2.24, 2.45) is 35.5 Å². The minimum atomic E-state index is -2.47. The summed E-state index contributed by atoms with van der Waals surface area (Å²) >= 11 is 0. The van der Waals surface area contributed by atoms with E-state index < -0.39 is 83.5 Å². The number of anilines is 1. The zero-order chi connectivity index (χ0) is 79.4. The maximum Gasteiger partial charge on any atom is 0.329 e. The second-order valence-electron chi connectivity index (χ2n) is 30.0. The number of nitrogen functional groups attached to an aromatic ring is 1. The van der Waals surface area contributed by atoms with Gasteiger partial charge in [0.15, 0.2) is 11.4 Å². The Morgan fingerprint density at radius 2 is 1.45 bits per heavy atom. The number of nitrogens with one attached hydrogen (secondary N) is 1. The van der Waals surface area contributed by atoms with Crippen molar-refractivity contribution in [2.75, 3.05) is 119 Å². The Hall–Kier alpha value is -6.65. The number of aromatic nitrogens is 7. The molecule has 15 atom stereocenters. The van der Waals surface area contributed by atoms with Gasteiger partial charge in [-0.25, -0.2) is 24.1 Å². The average molecular weight is 1550 g/mol. The molecule has 3 aromatic heterocycles. The number of ketones is 3. The molecule has 1 aliphatic carbocycles. The van der Waals surface area contributed by atoms with Gasteiger partial charge in [0.2, 0.25) is 11.7 Å². The van der Waals surface area contributed by atoms with Gasteiger partial charge in [0.05, 0.1) is 128 Å². The van der Waals surface area contributed by atoms with Gasteiger partial charge in [0.25, 0.3) is 11.7 Å². The SMILES string of the molecule is CO[C@H]1C[C@@H]2CC[C@@H](C)[C@@](O)(O2)C(=O)C(=O)N2CCCC[C@H]2C(=O)O[C@H]([C@H](C)C[C@@H]2CC[C@@H](OCCCCc3cn(CCOCCOCCOCCOCCOCCOCCC(=O)NCCCCn4ncc5c(N)ncnc54)nn3)[C@H](OC)C2)CC(=O)[C@H](C)/C=C(\C)[C@@H](O)[C@@H](O)C(=O)[C@H](C)C[C@H](C)/C=C/C=C/C=C/1C. The molecule has 30 heteroatoms. The Morgan fingerprint density at radius 3 is 2.15 bits per heavy atom. The number of nitrogens with two attached hydrogens (primary N) is 1. The maximum atomic E-state index is 14.7. The predicted octanol–water partition coefficient (Wildman–Crippen LogP) is 6.97. The summed E-state index contributed by atoms with van der Waals surface area (Å²) in [4.78, 5) is 93.2. The summed E-state index contributed by atoms with van der Waals surface area (Å²) in [7, 11) is 3.24. The first kappa shape index (κ1) is 90.5. The van der Waals surface area contributed by atoms with Crippen LogP contribution in [0.15, 0.2) is 66.3 Å². The van der Waals surface area contributed by atoms with Crippen molar-refractivity contribution in [1.29, 1.82) is 0 Å². The van der Waals surface area contributed by atoms with E-state index in [0.717, 1.165) is 61.6 Å². The molecule has 0 radical (unpaired) electrons. The number of nitrogens with zero attached hydrogens (tertiary/aromatic N) is 8. The predicted molar refractivity (Wildman–Crippen MR) is 409 cm³/mol. The number of aliphatic hydroxyl groups excluding tert-OH is 2. The minimum Gasteiger partial charge on any atom is -0.460 e. The van der Waals surface area contributed by atoms with Crippen LogP contribution in [0, 0.1) is 35.5 Å². The van der Waals surface area contributed by atoms with Crippen LogP contribution in [0.1, 0.15) is 163 Å². The lowest BCUT2D eigenvalue weighted by molar-refractivity contribution is -0.265. The van der Waals surface area contributed by atoms with Crippen molar-refractivity contribution in [2.45, 2.75) is 232 Å². The zero-order valence-corrected chi connectivity index (χ0v) is 66.5. The summed E-state index contributed by atoms with van der Waals surface area (Å²) in [5.41, 5.74) is 8.55. The van der Waals surface area contributed by atoms with Crippen LogP contribution in [0.25, 0.3) is 11.0 Å². The summed E-state index contributed by atoms with van der Waals surface area (Å²) in [5.74, 6) is -8.43. The zero-order valence-electron chi connectivity index (χ0n) is 66.5. The van der Waals surface area contributed by atoms with Crippen LogP contribution in [0.2, 0.25) is 0 Å². The molecule has 3 fully saturated rings. The number of aliphatic hydroxyl groups is 3. The largest absolute Gasteiger partial charge is 0.460 e. The van der Waals surface area contributed by atoms with Gasteiger partial charge in [-0.2, -0.15) is 5.10 Å². The third-order valence-corrected chi connectivity index (χ3v) is 21.3. The molecular weight excluding hydrogens is 1420 g/mol. The Labute approximate surface area is 648 Å². The van der Waals surface area contributed by atoms with Crippen molar-refractivity contribution in [3.8, 4) is 0 Å². The third kappa shape index (κ3) is 29.4. The fourth-order valence-electron chi connectivity index (χ4n) is 14.6. The number of rotatable bonds is 37. The summed E-state index contributed by atoms with van der Waals surface area (Å²) < 4.78 is 68.2. The van der Waals surface area contributed by atoms with Gasteiger partial charge in [0.1, 0.15) is 42.3 Å². The number of Topliss-reactive ketones (excluding diaryl/α,β-unsaturated/α-hetero) is 3. The van der Waals surface area contributed by atoms with Gasteiger partial charge >= 0.3 is 5.97 Å². The van der Waals surface area contributed by atoms with E-state index >= 15 is 0 Å². The smallest absolute Gasteiger partial charge is 0.329 e. The number of carbonyl (C=O) groups is 6. The standard InChI is InChI=1S/C80H126N10O20/c1-54-19-11-10-12-20-55(2)68(100-8)49-63-25-23-60(7)80(99,110-63)75(96)78(97)89-29-16-13-22-65(89)79(98)109-69(50-66(91)56(3)46-59(6)73(94)74(95)72(93)58(5)45-54)57(4)47-61-24-26-67(70(48-61)101-9)108-32-18-14-21-62-52-88(87-86-62)31-34-103-36-38-105-40-42-107-44-43-106-41-39-104-37-35-102-33-27-71(92)82-28-15-17-30-90-77-64(51-85-90)76(81)83-53-84-77/h10-12,19-20,46,51-54,56-58,60-61,63,65,67-70,73-74,94-95,99H,13-18,21-45,47-50H2,1-9H3,(H,82,92)(H2,81,83,84)/b12-10+,19-11+,55-20+,59-46+/t54-,56-,57-,58-,60-,61+,63+,65+,67-,68+,69+,70-,73-,74+,80-/m1/s1. The Balaban J connectivity index is 0.773. The number of fused-ring (bicyclic) bond motifs is 4. The van der Waals surface area contributed by atoms with Crippen molar-refractivity contribution >= 4 is 52.0 Å². The summed E-state index contributed by atoms with van der Waals surface area (Å²) in [6.07, 6.45) is 19.8. The quantitative estimate of drug-likeness (QED) is 0.0168. The van der Waals surface area contributed by atoms with Crippen LogP contribution >= 0.6 is 0 Å². The number of piperidine rings is 1. The number of methoxy groups -OCH3 is 2. The van der Waals surface area contributed by atoms with Crippen LogP contribution < -0.4 is 11.1 Å². The van der Waals surface area contributed by atoms with E-state index in [1.54, 1.807) is 57.5 Å². The van der Waals surface area contributed by atoms with E-state index in [0.29, 0.717) is 168 Å². The molecule has 7 rings (SSSR count). The molecule has 1 saturated carbocycles. The normalized spacial score (nSPS) is 28.7. The second-order valence-corrected chi connectivity index (χ2v) is 30.0. The first-order valence-corrected chi connectivity index (χ1v) is 39.8. The van der Waals surface area contributed by atoms with Crippen LogP contribution in [0.4, 0.5) is 5.82 Å². The summed E-state index contributed by atoms with van der Waals surface area (Å²) in [6.45, 7) is 19.7. The molecule has 0 aromatic carbocycles. The van der Waals surface area contributed by atoms with E-state index in [1.807, 2.05) is 57.3 Å². The molecule has 6 heterocycles. The van der Waals surface area contributed by atoms with Gasteiger partial charge in [-0.05, 0) is 139 Å². The van der Waals surface area contributed by atoms with E-state index in [1.165, 1.54) is 17.3 Å². The van der Waals surface area contributed by atoms with Crippen LogP contribution in [-0.2, 0) is 100 Å². The number of cyclic esters (lactones) is 1. The number of carbonyl (C=O) groups excluding carboxylic acids is 6. The number of aryl methyl sites for hydroxylation is 2. The number of hydrogen-bond acceptors (Lipinski definition) is 26. The molecule has 3 aliphatic heterocycles. The number of amides is 2. The summed E-state index contributed by atoms with van der Waals surface area (Å²) in [5, 5.41) is 51.3. The van der Waals surface area contributed by atoms with Crippen molar-refractivity contribution in [1.82, 2.24) is 45.0 Å². The molecule has 2 bridgehead atoms. The molecule has 2 saturated heterocycles. The van der Waals surface area contributed by atoms with Crippen molar-refractivity contribution < 1.29 is 96.2 Å². The number of ether oxygens (including phenoxy) is 11. The van der Waals surface area contributed by atoms with Crippen LogP contribution in [-0.4, -0.2) is 258 Å². The van der Waals surface area contributed by atoms with Crippen molar-refractivity contribution in [3.05, 3.63) is 72.0 Å². The van der Waals surface area contributed by atoms with E-state index in [-0.39, 0.29) is 73.0 Å². The lowest BCUT2D eigenvalue weighted by Gasteiger charge is -2.42. The molecule has 3 aromatic rings. The van der Waals surface area contributed by atoms with Gasteiger partial charge in [0, 0.05) is 83.7 Å². The van der Waals surface area contributed by atoms with Gasteiger partial charge in [-0.15, -0.1) is 5.10 Å². The minimum absolute atomic E-state index is 0.0579. The number of esters is 1. The van der Waals surface area contributed by atoms with Crippen LogP contribution in [0.5, 0.6) is 0 Å². The molecule has 616 valence electrons. The molecule has 2 amide bonds. The van der Waals surface area contributed by atoms with Gasteiger partial charge in [-0.1, -0.05) is 76.3 Å². The van der Waals surface area contributed by atoms with E-state index in [9.17, 15) is 44.1 Å². The fourth-order valence-corrected chi connectivity index (χ4v) is 14.6. The fraction of sp³-hybridized carbons (Fsp3) is 0.738. The highest BCUT2D eigenvalue weighted by Crippen LogP contribution is 2.38. The van der Waals surface area contributed by atoms with E-state index in [2.05, 4.69) is 30.7 Å². The second kappa shape index (κ2) is 48.4. The molecular formula is C80H126N10O20. The lowest BCUT2D eigenvalue weighted by atomic mass is 9.78. The number of allylic oxidation sites excluding steroid dienone is 6. The lowest BCUT2D eigenvalue weighted by Crippen LogP contribution is -2.61. The Morgan fingerprint density at radius 1 is 0.745 bits per heavy atom. The number of unbranched alkanes of at least 4 members (excludes halogenated alkanes) is 2. The topological polar surface area (TPSA) is 380 Å². The summed E-state index contributed by atoms with van der Waals surface area (Å²) in [6, 6.07) is -1.18. The third-order valence-electron chi connectivity index (χ3n) is 21.3. The molecule has 0 unspecified atom stereocenters. The monoisotopic (exact) mass is 1550 g/mol. The maximum absolute atomic E-state index is 14.7. The first-order chi connectivity index (χ1) is 53.0. The molecule has 30 nitrogen and oxygen atoms in total. The molecule has 110 heavy (non-hydrogen) atoms. The van der Waals surface area contributed by atoms with Gasteiger partial charge in [-0.3, -0.25) is 24.0 Å². The molecule has 4 aliphatic rings. The Kier molecular flexibility index (Phi) is 39.9. The van der Waals surface area contributed by atoms with Crippen LogP contribution in [0.3, 0.4) is 0 Å². The van der Waals surface area contributed by atoms with Gasteiger partial charge < -0.3 is 83.4 Å².